The van der Waals surface area contributed by atoms with Crippen LogP contribution in [0.2, 0.25) is 5.02 Å². The number of fused-ring (bicyclic) bond motifs is 1. The van der Waals surface area contributed by atoms with Crippen molar-refractivity contribution in [1.82, 2.24) is 14.3 Å². The molecule has 2 aromatic heterocycles. The van der Waals surface area contributed by atoms with Crippen molar-refractivity contribution in [3.63, 3.8) is 0 Å². The molecule has 3 rings (SSSR count). The normalized spacial score (nSPS) is 22.0. The van der Waals surface area contributed by atoms with E-state index in [-0.39, 0.29) is 0 Å². The molecule has 3 heterocycles. The second-order valence-corrected chi connectivity index (χ2v) is 4.94. The fraction of sp³-hybridized carbons (Fsp3) is 0.417. The van der Waals surface area contributed by atoms with Gasteiger partial charge in [0, 0.05) is 18.7 Å². The second-order valence-electron chi connectivity index (χ2n) is 4.51. The van der Waals surface area contributed by atoms with E-state index in [1.807, 2.05) is 24.5 Å². The van der Waals surface area contributed by atoms with Gasteiger partial charge in [-0.1, -0.05) is 11.6 Å². The Bertz CT molecular complexity index is 520. The number of imidazole rings is 1. The van der Waals surface area contributed by atoms with Crippen LogP contribution in [0.3, 0.4) is 0 Å². The van der Waals surface area contributed by atoms with E-state index in [9.17, 15) is 0 Å². The maximum Gasteiger partial charge on any atom is 0.117 e. The third-order valence-electron chi connectivity index (χ3n) is 3.28. The standard InChI is InChI=1S/C12H14ClN3/c1-15-5-4-9(7-15)12-14-6-11-3-2-10(13)8-16(11)12/h2-3,6,8-9H,4-5,7H2,1H3. The molecule has 2 aromatic rings. The zero-order valence-corrected chi connectivity index (χ0v) is 9.98. The molecule has 16 heavy (non-hydrogen) atoms. The molecular formula is C12H14ClN3. The summed E-state index contributed by atoms with van der Waals surface area (Å²) >= 11 is 6.02. The molecule has 0 aromatic carbocycles. The topological polar surface area (TPSA) is 20.5 Å². The van der Waals surface area contributed by atoms with Crippen molar-refractivity contribution in [1.29, 1.82) is 0 Å². The zero-order chi connectivity index (χ0) is 11.1. The summed E-state index contributed by atoms with van der Waals surface area (Å²) in [7, 11) is 2.16. The Labute approximate surface area is 99.7 Å². The number of rotatable bonds is 1. The number of likely N-dealkylation sites (N-methyl/N-ethyl adjacent to an activating group) is 1. The summed E-state index contributed by atoms with van der Waals surface area (Å²) in [6, 6.07) is 3.92. The summed E-state index contributed by atoms with van der Waals surface area (Å²) < 4.78 is 2.12. The van der Waals surface area contributed by atoms with Crippen molar-refractivity contribution < 1.29 is 0 Å². The first-order chi connectivity index (χ1) is 7.74. The number of likely N-dealkylation sites (tertiary alicyclic amines) is 1. The average Bonchev–Trinajstić information content (AvgIpc) is 2.83. The van der Waals surface area contributed by atoms with Crippen LogP contribution in [0, 0.1) is 0 Å². The molecule has 0 amide bonds. The summed E-state index contributed by atoms with van der Waals surface area (Å²) in [5.41, 5.74) is 1.12. The molecule has 1 aliphatic rings. The molecule has 3 nitrogen and oxygen atoms in total. The highest BCUT2D eigenvalue weighted by Gasteiger charge is 2.24. The fourth-order valence-electron chi connectivity index (χ4n) is 2.43. The molecule has 1 atom stereocenters. The molecule has 1 saturated heterocycles. The number of hydrogen-bond donors (Lipinski definition) is 0. The van der Waals surface area contributed by atoms with Gasteiger partial charge in [-0.25, -0.2) is 4.98 Å². The molecule has 1 aliphatic heterocycles. The predicted octanol–water partition coefficient (Wildman–Crippen LogP) is 2.41. The van der Waals surface area contributed by atoms with Gasteiger partial charge in [0.2, 0.25) is 0 Å². The van der Waals surface area contributed by atoms with Crippen molar-refractivity contribution in [2.75, 3.05) is 20.1 Å². The van der Waals surface area contributed by atoms with Gasteiger partial charge < -0.3 is 9.30 Å². The summed E-state index contributed by atoms with van der Waals surface area (Å²) in [6.07, 6.45) is 5.06. The first kappa shape index (κ1) is 10.1. The van der Waals surface area contributed by atoms with E-state index in [1.54, 1.807) is 0 Å². The summed E-state index contributed by atoms with van der Waals surface area (Å²) in [4.78, 5) is 6.87. The minimum atomic E-state index is 0.533. The average molecular weight is 236 g/mol. The maximum absolute atomic E-state index is 6.02. The van der Waals surface area contributed by atoms with Crippen molar-refractivity contribution in [3.8, 4) is 0 Å². The molecular weight excluding hydrogens is 222 g/mol. The fourth-order valence-corrected chi connectivity index (χ4v) is 2.59. The number of pyridine rings is 1. The van der Waals surface area contributed by atoms with Gasteiger partial charge in [-0.2, -0.15) is 0 Å². The lowest BCUT2D eigenvalue weighted by Gasteiger charge is -2.09. The van der Waals surface area contributed by atoms with Gasteiger partial charge in [-0.3, -0.25) is 0 Å². The molecule has 4 heteroatoms. The van der Waals surface area contributed by atoms with Gasteiger partial charge in [0.25, 0.3) is 0 Å². The highest BCUT2D eigenvalue weighted by atomic mass is 35.5. The highest BCUT2D eigenvalue weighted by Crippen LogP contribution is 2.26. The van der Waals surface area contributed by atoms with Gasteiger partial charge in [0.05, 0.1) is 16.7 Å². The molecule has 0 N–H and O–H groups in total. The Morgan fingerprint density at radius 3 is 3.06 bits per heavy atom. The van der Waals surface area contributed by atoms with Crippen molar-refractivity contribution in [2.24, 2.45) is 0 Å². The number of halogens is 1. The van der Waals surface area contributed by atoms with E-state index >= 15 is 0 Å². The van der Waals surface area contributed by atoms with Crippen LogP contribution in [0.5, 0.6) is 0 Å². The van der Waals surface area contributed by atoms with Crippen LogP contribution in [0.25, 0.3) is 5.52 Å². The second kappa shape index (κ2) is 3.75. The van der Waals surface area contributed by atoms with Crippen LogP contribution in [-0.4, -0.2) is 34.4 Å². The highest BCUT2D eigenvalue weighted by molar-refractivity contribution is 6.30. The van der Waals surface area contributed by atoms with Crippen LogP contribution in [0.15, 0.2) is 24.5 Å². The van der Waals surface area contributed by atoms with Gasteiger partial charge in [0.1, 0.15) is 5.82 Å². The molecule has 0 spiro atoms. The van der Waals surface area contributed by atoms with E-state index in [0.29, 0.717) is 5.92 Å². The summed E-state index contributed by atoms with van der Waals surface area (Å²) in [5, 5.41) is 0.762. The predicted molar refractivity (Wildman–Crippen MR) is 65.1 cm³/mol. The Balaban J connectivity index is 2.06. The van der Waals surface area contributed by atoms with Gasteiger partial charge in [-0.15, -0.1) is 0 Å². The smallest absolute Gasteiger partial charge is 0.117 e. The number of hydrogen-bond acceptors (Lipinski definition) is 2. The van der Waals surface area contributed by atoms with E-state index in [0.717, 1.165) is 29.5 Å². The van der Waals surface area contributed by atoms with Crippen molar-refractivity contribution >= 4 is 17.1 Å². The van der Waals surface area contributed by atoms with Crippen molar-refractivity contribution in [2.45, 2.75) is 12.3 Å². The van der Waals surface area contributed by atoms with E-state index < -0.39 is 0 Å². The Kier molecular flexibility index (Phi) is 2.37. The SMILES string of the molecule is CN1CCC(c2ncc3ccc(Cl)cn23)C1. The first-order valence-electron chi connectivity index (χ1n) is 5.55. The van der Waals surface area contributed by atoms with E-state index in [2.05, 4.69) is 21.3 Å². The minimum absolute atomic E-state index is 0.533. The van der Waals surface area contributed by atoms with Crippen LogP contribution in [-0.2, 0) is 0 Å². The summed E-state index contributed by atoms with van der Waals surface area (Å²) in [6.45, 7) is 2.24. The maximum atomic E-state index is 6.02. The van der Waals surface area contributed by atoms with Gasteiger partial charge >= 0.3 is 0 Å². The van der Waals surface area contributed by atoms with Crippen molar-refractivity contribution in [3.05, 3.63) is 35.4 Å². The molecule has 0 saturated carbocycles. The van der Waals surface area contributed by atoms with Crippen LogP contribution in [0.1, 0.15) is 18.2 Å². The first-order valence-corrected chi connectivity index (χ1v) is 5.93. The van der Waals surface area contributed by atoms with Crippen LogP contribution >= 0.6 is 11.6 Å². The largest absolute Gasteiger partial charge is 0.306 e. The number of aromatic nitrogens is 2. The molecule has 0 radical (unpaired) electrons. The quantitative estimate of drug-likeness (QED) is 0.757. The number of nitrogens with zero attached hydrogens (tertiary/aromatic N) is 3. The Hall–Kier alpha value is -1.06. The van der Waals surface area contributed by atoms with E-state index in [4.69, 9.17) is 11.6 Å². The third kappa shape index (κ3) is 1.60. The van der Waals surface area contributed by atoms with Crippen LogP contribution in [0.4, 0.5) is 0 Å². The third-order valence-corrected chi connectivity index (χ3v) is 3.50. The molecule has 0 bridgehead atoms. The van der Waals surface area contributed by atoms with Gasteiger partial charge in [-0.05, 0) is 32.1 Å². The Morgan fingerprint density at radius 1 is 1.44 bits per heavy atom. The molecule has 0 aliphatic carbocycles. The lowest BCUT2D eigenvalue weighted by atomic mass is 10.1. The zero-order valence-electron chi connectivity index (χ0n) is 9.23. The molecule has 1 unspecified atom stereocenters. The molecule has 84 valence electrons. The minimum Gasteiger partial charge on any atom is -0.306 e. The molecule has 1 fully saturated rings. The lowest BCUT2D eigenvalue weighted by Crippen LogP contribution is -2.14. The monoisotopic (exact) mass is 235 g/mol. The van der Waals surface area contributed by atoms with Gasteiger partial charge in [0.15, 0.2) is 0 Å². The van der Waals surface area contributed by atoms with E-state index in [1.165, 1.54) is 6.42 Å². The van der Waals surface area contributed by atoms with Crippen LogP contribution < -0.4 is 0 Å². The lowest BCUT2D eigenvalue weighted by molar-refractivity contribution is 0.409. The Morgan fingerprint density at radius 2 is 2.31 bits per heavy atom. The summed E-state index contributed by atoms with van der Waals surface area (Å²) in [5.74, 6) is 1.67.